The maximum atomic E-state index is 14.4. The van der Waals surface area contributed by atoms with E-state index in [0.29, 0.717) is 16.4 Å². The molecule has 2 heterocycles. The van der Waals surface area contributed by atoms with Crippen molar-refractivity contribution in [1.82, 2.24) is 14.9 Å². The highest BCUT2D eigenvalue weighted by Crippen LogP contribution is 2.26. The molecule has 0 fully saturated rings. The zero-order valence-electron chi connectivity index (χ0n) is 15.0. The Labute approximate surface area is 165 Å². The molecular weight excluding hydrogens is 381 g/mol. The third kappa shape index (κ3) is 3.39. The van der Waals surface area contributed by atoms with E-state index in [0.717, 1.165) is 11.0 Å². The topological polar surface area (TPSA) is 60.1 Å². The molecule has 0 aliphatic carbocycles. The van der Waals surface area contributed by atoms with Gasteiger partial charge >= 0.3 is 0 Å². The zero-order chi connectivity index (χ0) is 19.7. The quantitative estimate of drug-likeness (QED) is 0.517. The Bertz CT molecular complexity index is 1120. The van der Waals surface area contributed by atoms with Gasteiger partial charge in [-0.25, -0.2) is 9.37 Å². The largest absolute Gasteiger partial charge is 0.459 e. The predicted molar refractivity (Wildman–Crippen MR) is 105 cm³/mol. The van der Waals surface area contributed by atoms with Gasteiger partial charge in [0.25, 0.3) is 5.91 Å². The molecule has 0 aliphatic rings. The van der Waals surface area contributed by atoms with Gasteiger partial charge in [-0.05, 0) is 43.3 Å². The molecule has 0 unspecified atom stereocenters. The van der Waals surface area contributed by atoms with Gasteiger partial charge in [0, 0.05) is 10.6 Å². The number of hydrogen-bond donors (Lipinski definition) is 1. The number of nitrogens with zero attached hydrogens (tertiary/aromatic N) is 2. The van der Waals surface area contributed by atoms with Crippen LogP contribution in [0.2, 0.25) is 5.02 Å². The first kappa shape index (κ1) is 18.3. The molecule has 0 radical (unpaired) electrons. The van der Waals surface area contributed by atoms with Gasteiger partial charge in [0.15, 0.2) is 5.76 Å². The Morgan fingerprint density at radius 2 is 2.04 bits per heavy atom. The van der Waals surface area contributed by atoms with E-state index in [2.05, 4.69) is 10.3 Å². The second-order valence-electron chi connectivity index (χ2n) is 6.42. The molecular formula is C21H17ClFN3O2. The van der Waals surface area contributed by atoms with E-state index in [-0.39, 0.29) is 24.0 Å². The van der Waals surface area contributed by atoms with Crippen LogP contribution >= 0.6 is 11.6 Å². The normalized spacial score (nSPS) is 12.2. The second kappa shape index (κ2) is 7.48. The number of imidazole rings is 1. The molecule has 0 aliphatic heterocycles. The molecule has 7 heteroatoms. The molecule has 0 spiro atoms. The van der Waals surface area contributed by atoms with Crippen molar-refractivity contribution >= 4 is 28.5 Å². The van der Waals surface area contributed by atoms with E-state index >= 15 is 0 Å². The highest BCUT2D eigenvalue weighted by molar-refractivity contribution is 6.31. The van der Waals surface area contributed by atoms with Gasteiger partial charge in [-0.3, -0.25) is 4.79 Å². The van der Waals surface area contributed by atoms with Crippen molar-refractivity contribution in [2.75, 3.05) is 0 Å². The Morgan fingerprint density at radius 3 is 2.79 bits per heavy atom. The smallest absolute Gasteiger partial charge is 0.287 e. The number of furan rings is 1. The SMILES string of the molecule is C[C@H](NC(=O)c1ccco1)c1nc2ccccc2n1Cc1c(F)cccc1Cl. The molecule has 4 aromatic rings. The first-order valence-electron chi connectivity index (χ1n) is 8.77. The van der Waals surface area contributed by atoms with Crippen molar-refractivity contribution in [1.29, 1.82) is 0 Å². The number of nitrogens with one attached hydrogen (secondary N) is 1. The van der Waals surface area contributed by atoms with Crippen molar-refractivity contribution in [3.63, 3.8) is 0 Å². The monoisotopic (exact) mass is 397 g/mol. The number of aromatic nitrogens is 2. The van der Waals surface area contributed by atoms with Crippen LogP contribution in [0.25, 0.3) is 11.0 Å². The molecule has 1 atom stereocenters. The lowest BCUT2D eigenvalue weighted by atomic mass is 10.2. The first-order chi connectivity index (χ1) is 13.5. The van der Waals surface area contributed by atoms with Gasteiger partial charge in [0.2, 0.25) is 0 Å². The average Bonchev–Trinajstić information content (AvgIpc) is 3.33. The molecule has 1 amide bonds. The Morgan fingerprint density at radius 1 is 1.21 bits per heavy atom. The van der Waals surface area contributed by atoms with Gasteiger partial charge in [-0.1, -0.05) is 29.8 Å². The summed E-state index contributed by atoms with van der Waals surface area (Å²) >= 11 is 6.23. The van der Waals surface area contributed by atoms with Crippen LogP contribution in [0.5, 0.6) is 0 Å². The summed E-state index contributed by atoms with van der Waals surface area (Å²) in [7, 11) is 0. The minimum Gasteiger partial charge on any atom is -0.459 e. The van der Waals surface area contributed by atoms with Crippen LogP contribution in [-0.4, -0.2) is 15.5 Å². The number of fused-ring (bicyclic) bond motifs is 1. The van der Waals surface area contributed by atoms with Crippen molar-refractivity contribution in [3.8, 4) is 0 Å². The Kier molecular flexibility index (Phi) is 4.88. The lowest BCUT2D eigenvalue weighted by Gasteiger charge is -2.17. The van der Waals surface area contributed by atoms with Gasteiger partial charge < -0.3 is 14.3 Å². The number of hydrogen-bond acceptors (Lipinski definition) is 3. The van der Waals surface area contributed by atoms with Crippen LogP contribution in [0.4, 0.5) is 4.39 Å². The molecule has 4 rings (SSSR count). The summed E-state index contributed by atoms with van der Waals surface area (Å²) in [4.78, 5) is 17.0. The minimum atomic E-state index is -0.435. The van der Waals surface area contributed by atoms with Gasteiger partial charge in [0.1, 0.15) is 11.6 Å². The fraction of sp³-hybridized carbons (Fsp3) is 0.143. The van der Waals surface area contributed by atoms with Crippen LogP contribution in [0.15, 0.2) is 65.3 Å². The highest BCUT2D eigenvalue weighted by Gasteiger charge is 2.21. The van der Waals surface area contributed by atoms with Crippen molar-refractivity contribution < 1.29 is 13.6 Å². The summed E-state index contributed by atoms with van der Waals surface area (Å²) in [5.41, 5.74) is 1.96. The molecule has 0 saturated heterocycles. The van der Waals surface area contributed by atoms with Crippen LogP contribution in [-0.2, 0) is 6.54 Å². The number of benzene rings is 2. The Hall–Kier alpha value is -3.12. The molecule has 5 nitrogen and oxygen atoms in total. The summed E-state index contributed by atoms with van der Waals surface area (Å²) in [6.07, 6.45) is 1.44. The van der Waals surface area contributed by atoms with Crippen LogP contribution < -0.4 is 5.32 Å². The van der Waals surface area contributed by atoms with E-state index in [9.17, 15) is 9.18 Å². The van der Waals surface area contributed by atoms with E-state index in [1.807, 2.05) is 35.8 Å². The van der Waals surface area contributed by atoms with E-state index in [1.54, 1.807) is 24.3 Å². The van der Waals surface area contributed by atoms with Gasteiger partial charge in [-0.2, -0.15) is 0 Å². The van der Waals surface area contributed by atoms with E-state index in [4.69, 9.17) is 16.0 Å². The third-order valence-corrected chi connectivity index (χ3v) is 4.90. The van der Waals surface area contributed by atoms with Gasteiger partial charge in [-0.15, -0.1) is 0 Å². The standard InChI is InChI=1S/C21H17ClFN3O2/c1-13(24-21(27)19-10-5-11-28-19)20-25-17-8-2-3-9-18(17)26(20)12-14-15(22)6-4-7-16(14)23/h2-11,13H,12H2,1H3,(H,24,27)/t13-/m0/s1. The number of carbonyl (C=O) groups is 1. The van der Waals surface area contributed by atoms with Crippen LogP contribution in [0.3, 0.4) is 0 Å². The summed E-state index contributed by atoms with van der Waals surface area (Å²) < 4.78 is 21.4. The van der Waals surface area contributed by atoms with Crippen LogP contribution in [0, 0.1) is 5.82 Å². The molecule has 142 valence electrons. The molecule has 2 aromatic carbocycles. The fourth-order valence-electron chi connectivity index (χ4n) is 3.17. The minimum absolute atomic E-state index is 0.197. The molecule has 2 aromatic heterocycles. The summed E-state index contributed by atoms with van der Waals surface area (Å²) in [6.45, 7) is 2.02. The molecule has 28 heavy (non-hydrogen) atoms. The number of amides is 1. The molecule has 0 saturated carbocycles. The van der Waals surface area contributed by atoms with E-state index < -0.39 is 6.04 Å². The number of rotatable bonds is 5. The Balaban J connectivity index is 1.74. The molecule has 0 bridgehead atoms. The molecule has 1 N–H and O–H groups in total. The number of halogens is 2. The summed E-state index contributed by atoms with van der Waals surface area (Å²) in [5, 5.41) is 3.22. The van der Waals surface area contributed by atoms with E-state index in [1.165, 1.54) is 12.3 Å². The summed E-state index contributed by atoms with van der Waals surface area (Å²) in [5.74, 6) is 0.0793. The first-order valence-corrected chi connectivity index (χ1v) is 9.15. The van der Waals surface area contributed by atoms with Crippen molar-refractivity contribution in [2.45, 2.75) is 19.5 Å². The summed E-state index contributed by atoms with van der Waals surface area (Å²) in [6, 6.07) is 14.9. The van der Waals surface area contributed by atoms with Gasteiger partial charge in [0.05, 0.1) is 29.9 Å². The maximum Gasteiger partial charge on any atom is 0.287 e. The number of carbonyl (C=O) groups excluding carboxylic acids is 1. The lowest BCUT2D eigenvalue weighted by molar-refractivity contribution is 0.0909. The highest BCUT2D eigenvalue weighted by atomic mass is 35.5. The van der Waals surface area contributed by atoms with Crippen molar-refractivity contribution in [2.24, 2.45) is 0 Å². The second-order valence-corrected chi connectivity index (χ2v) is 6.82. The number of para-hydroxylation sites is 2. The van der Waals surface area contributed by atoms with Crippen LogP contribution in [0.1, 0.15) is 34.9 Å². The fourth-order valence-corrected chi connectivity index (χ4v) is 3.40. The predicted octanol–water partition coefficient (Wildman–Crippen LogP) is 4.96. The lowest BCUT2D eigenvalue weighted by Crippen LogP contribution is -2.28. The van der Waals surface area contributed by atoms with Crippen molar-refractivity contribution in [3.05, 3.63) is 88.8 Å². The average molecular weight is 398 g/mol. The third-order valence-electron chi connectivity index (χ3n) is 4.54. The zero-order valence-corrected chi connectivity index (χ0v) is 15.8. The maximum absolute atomic E-state index is 14.4.